The van der Waals surface area contributed by atoms with Gasteiger partial charge in [-0.3, -0.25) is 13.9 Å². The summed E-state index contributed by atoms with van der Waals surface area (Å²) in [6.45, 7) is 2.56. The number of fused-ring (bicyclic) bond motifs is 3. The van der Waals surface area contributed by atoms with E-state index >= 15 is 0 Å². The minimum atomic E-state index is -0.630. The number of hydrogen-bond acceptors (Lipinski definition) is 4. The van der Waals surface area contributed by atoms with Gasteiger partial charge in [0.2, 0.25) is 0 Å². The van der Waals surface area contributed by atoms with Gasteiger partial charge in [0.1, 0.15) is 5.76 Å². The number of nitrogens with zero attached hydrogens (tertiary/aromatic N) is 3. The molecule has 3 aromatic heterocycles. The van der Waals surface area contributed by atoms with Crippen LogP contribution in [0.5, 0.6) is 0 Å². The van der Waals surface area contributed by atoms with Crippen LogP contribution in [-0.4, -0.2) is 19.8 Å². The molecule has 0 bridgehead atoms. The van der Waals surface area contributed by atoms with Crippen molar-refractivity contribution in [1.82, 2.24) is 13.7 Å². The van der Waals surface area contributed by atoms with Crippen molar-refractivity contribution < 1.29 is 9.15 Å². The molecule has 1 aliphatic rings. The zero-order valence-electron chi connectivity index (χ0n) is 17.8. The van der Waals surface area contributed by atoms with Crippen molar-refractivity contribution in [3.05, 3.63) is 78.9 Å². The van der Waals surface area contributed by atoms with Crippen molar-refractivity contribution in [2.45, 2.75) is 32.1 Å². The normalized spacial score (nSPS) is 18.3. The molecule has 166 valence electrons. The van der Waals surface area contributed by atoms with Crippen LogP contribution in [0.2, 0.25) is 10.2 Å². The van der Waals surface area contributed by atoms with E-state index in [-0.39, 0.29) is 16.9 Å². The number of halogens is 2. The van der Waals surface area contributed by atoms with Gasteiger partial charge in [-0.25, -0.2) is 4.79 Å². The summed E-state index contributed by atoms with van der Waals surface area (Å²) in [5.74, 6) is 0.513. The van der Waals surface area contributed by atoms with Crippen LogP contribution in [0.1, 0.15) is 30.9 Å². The average Bonchev–Trinajstić information content (AvgIpc) is 3.37. The Morgan fingerprint density at radius 3 is 2.53 bits per heavy atom. The molecule has 0 saturated carbocycles. The molecule has 1 aromatic carbocycles. The number of hydrogen-bond donors (Lipinski definition) is 0. The fourth-order valence-electron chi connectivity index (χ4n) is 4.53. The molecule has 0 N–H and O–H groups in total. The molecule has 0 fully saturated rings. The lowest BCUT2D eigenvalue weighted by atomic mass is 10.1. The van der Waals surface area contributed by atoms with Crippen molar-refractivity contribution in [3.63, 3.8) is 0 Å². The largest absolute Gasteiger partial charge is 0.446 e. The van der Waals surface area contributed by atoms with Gasteiger partial charge in [0, 0.05) is 31.2 Å². The topological polar surface area (TPSA) is 71.3 Å². The molecular formula is C23H21Cl2N3O4. The van der Waals surface area contributed by atoms with Crippen LogP contribution in [0.3, 0.4) is 0 Å². The number of aromatic nitrogens is 3. The third-order valence-corrected chi connectivity index (χ3v) is 6.51. The highest BCUT2D eigenvalue weighted by Gasteiger charge is 2.37. The van der Waals surface area contributed by atoms with Crippen LogP contribution in [-0.2, 0) is 25.4 Å². The molecule has 7 nitrogen and oxygen atoms in total. The summed E-state index contributed by atoms with van der Waals surface area (Å²) in [5, 5.41) is 1.24. The van der Waals surface area contributed by atoms with Gasteiger partial charge in [-0.2, -0.15) is 0 Å². The molecule has 0 aliphatic carbocycles. The second-order valence-electron chi connectivity index (χ2n) is 7.97. The summed E-state index contributed by atoms with van der Waals surface area (Å²) in [5.41, 5.74) is 1.91. The summed E-state index contributed by atoms with van der Waals surface area (Å²) in [4.78, 5) is 26.3. The molecule has 0 unspecified atom stereocenters. The number of furan rings is 1. The van der Waals surface area contributed by atoms with E-state index in [9.17, 15) is 9.59 Å². The van der Waals surface area contributed by atoms with Gasteiger partial charge in [-0.15, -0.1) is 0 Å². The SMILES string of the molecule is CC[C@@H]1Cn2c(-c3cccc(Cl)c3)c3c(=O)n(C)c(=O)n(C)c3c2[C@H](c2ccc(Cl)o2)O1. The molecule has 0 radical (unpaired) electrons. The van der Waals surface area contributed by atoms with Gasteiger partial charge in [-0.05, 0) is 42.3 Å². The lowest BCUT2D eigenvalue weighted by Crippen LogP contribution is -2.37. The van der Waals surface area contributed by atoms with E-state index in [2.05, 4.69) is 4.57 Å². The van der Waals surface area contributed by atoms with Gasteiger partial charge in [0.15, 0.2) is 11.3 Å². The molecule has 4 heterocycles. The first-order chi connectivity index (χ1) is 15.3. The number of rotatable bonds is 3. The Balaban J connectivity index is 1.97. The van der Waals surface area contributed by atoms with Gasteiger partial charge in [0.05, 0.1) is 28.4 Å². The average molecular weight is 474 g/mol. The lowest BCUT2D eigenvalue weighted by Gasteiger charge is -2.32. The van der Waals surface area contributed by atoms with Crippen LogP contribution in [0.4, 0.5) is 0 Å². The van der Waals surface area contributed by atoms with Crippen molar-refractivity contribution in [2.75, 3.05) is 0 Å². The van der Waals surface area contributed by atoms with Crippen molar-refractivity contribution >= 4 is 34.1 Å². The van der Waals surface area contributed by atoms with E-state index in [1.807, 2.05) is 25.1 Å². The van der Waals surface area contributed by atoms with E-state index in [1.54, 1.807) is 25.2 Å². The standard InChI is InChI=1S/C23H21Cl2N3O4/c1-4-14-11-28-18(12-6-5-7-13(24)10-12)17-19(26(2)23(30)27(3)22(17)29)20(28)21(31-14)15-8-9-16(25)32-15/h5-10,14,21H,4,11H2,1-3H3/t14-,21+/m1/s1. The van der Waals surface area contributed by atoms with E-state index in [0.717, 1.165) is 16.6 Å². The predicted molar refractivity (Wildman–Crippen MR) is 124 cm³/mol. The zero-order chi connectivity index (χ0) is 22.7. The van der Waals surface area contributed by atoms with Crippen LogP contribution < -0.4 is 11.2 Å². The highest BCUT2D eigenvalue weighted by Crippen LogP contribution is 2.43. The molecule has 32 heavy (non-hydrogen) atoms. The first kappa shape index (κ1) is 21.1. The summed E-state index contributed by atoms with van der Waals surface area (Å²) < 4.78 is 16.8. The molecule has 2 atom stereocenters. The third-order valence-electron chi connectivity index (χ3n) is 6.07. The Labute approximate surface area is 193 Å². The highest BCUT2D eigenvalue weighted by molar-refractivity contribution is 6.31. The Hall–Kier alpha value is -2.74. The van der Waals surface area contributed by atoms with E-state index in [1.165, 1.54) is 11.6 Å². The number of aryl methyl sites for hydroxylation is 1. The van der Waals surface area contributed by atoms with Crippen molar-refractivity contribution in [3.8, 4) is 11.3 Å². The quantitative estimate of drug-likeness (QED) is 0.438. The number of benzene rings is 1. The Kier molecular flexibility index (Phi) is 5.08. The Morgan fingerprint density at radius 1 is 1.09 bits per heavy atom. The van der Waals surface area contributed by atoms with Crippen LogP contribution >= 0.6 is 23.2 Å². The maximum atomic E-state index is 13.4. The van der Waals surface area contributed by atoms with Gasteiger partial charge < -0.3 is 13.7 Å². The van der Waals surface area contributed by atoms with Gasteiger partial charge >= 0.3 is 5.69 Å². The molecule has 0 spiro atoms. The molecule has 4 aromatic rings. The molecule has 0 saturated heterocycles. The number of ether oxygens (including phenoxy) is 1. The summed E-state index contributed by atoms with van der Waals surface area (Å²) in [7, 11) is 3.14. The third kappa shape index (κ3) is 3.07. The minimum Gasteiger partial charge on any atom is -0.446 e. The lowest BCUT2D eigenvalue weighted by molar-refractivity contribution is -0.0356. The van der Waals surface area contributed by atoms with E-state index in [0.29, 0.717) is 39.6 Å². The first-order valence-electron chi connectivity index (χ1n) is 10.3. The molecule has 5 rings (SSSR count). The molecule has 1 aliphatic heterocycles. The maximum absolute atomic E-state index is 13.4. The summed E-state index contributed by atoms with van der Waals surface area (Å²) in [6.07, 6.45) is -0.00322. The fourth-order valence-corrected chi connectivity index (χ4v) is 4.87. The maximum Gasteiger partial charge on any atom is 0.331 e. The van der Waals surface area contributed by atoms with Crippen molar-refractivity contribution in [1.29, 1.82) is 0 Å². The summed E-state index contributed by atoms with van der Waals surface area (Å²) >= 11 is 12.4. The van der Waals surface area contributed by atoms with Gasteiger partial charge in [0.25, 0.3) is 5.56 Å². The molecule has 9 heteroatoms. The van der Waals surface area contributed by atoms with E-state index in [4.69, 9.17) is 32.4 Å². The Bertz CT molecular complexity index is 1480. The van der Waals surface area contributed by atoms with Crippen LogP contribution in [0.25, 0.3) is 22.2 Å². The van der Waals surface area contributed by atoms with Crippen molar-refractivity contribution in [2.24, 2.45) is 14.1 Å². The van der Waals surface area contributed by atoms with E-state index < -0.39 is 11.8 Å². The predicted octanol–water partition coefficient (Wildman–Crippen LogP) is 4.50. The highest BCUT2D eigenvalue weighted by atomic mass is 35.5. The summed E-state index contributed by atoms with van der Waals surface area (Å²) in [6, 6.07) is 10.8. The second kappa shape index (κ2) is 7.69. The Morgan fingerprint density at radius 2 is 1.88 bits per heavy atom. The van der Waals surface area contributed by atoms with Gasteiger partial charge in [-0.1, -0.05) is 30.7 Å². The smallest absolute Gasteiger partial charge is 0.331 e. The molecular weight excluding hydrogens is 453 g/mol. The minimum absolute atomic E-state index is 0.128. The molecule has 0 amide bonds. The second-order valence-corrected chi connectivity index (χ2v) is 8.78. The zero-order valence-corrected chi connectivity index (χ0v) is 19.3. The monoisotopic (exact) mass is 473 g/mol. The first-order valence-corrected chi connectivity index (χ1v) is 11.1. The van der Waals surface area contributed by atoms with Crippen LogP contribution in [0, 0.1) is 0 Å². The van der Waals surface area contributed by atoms with Crippen LogP contribution in [0.15, 0.2) is 50.4 Å². The fraction of sp³-hybridized carbons (Fsp3) is 0.304.